The topological polar surface area (TPSA) is 132 Å². The van der Waals surface area contributed by atoms with E-state index >= 15 is 0 Å². The van der Waals surface area contributed by atoms with E-state index in [1.807, 2.05) is 19.9 Å². The van der Waals surface area contributed by atoms with Crippen LogP contribution in [0.2, 0.25) is 0 Å². The smallest absolute Gasteiger partial charge is 0.340 e. The van der Waals surface area contributed by atoms with Crippen molar-refractivity contribution in [2.24, 2.45) is 5.73 Å². The molecule has 1 aliphatic carbocycles. The fraction of sp³-hybridized carbons (Fsp3) is 0.417. The zero-order valence-corrected chi connectivity index (χ0v) is 18.8. The number of hydrogen-bond acceptors (Lipinski definition) is 9. The number of carbonyl (C=O) groups excluding carboxylic acids is 1. The molecule has 0 spiro atoms. The fourth-order valence-electron chi connectivity index (χ4n) is 3.91. The molecule has 0 bridgehead atoms. The summed E-state index contributed by atoms with van der Waals surface area (Å²) in [5.74, 6) is 1.25. The molecule has 3 aromatic rings. The van der Waals surface area contributed by atoms with Gasteiger partial charge in [0.15, 0.2) is 0 Å². The van der Waals surface area contributed by atoms with Crippen LogP contribution in [0.5, 0.6) is 5.88 Å². The average molecular weight is 450 g/mol. The van der Waals surface area contributed by atoms with Crippen LogP contribution in [0.1, 0.15) is 61.1 Å². The molecule has 9 heteroatoms. The third-order valence-corrected chi connectivity index (χ3v) is 6.31. The normalized spacial score (nSPS) is 21.8. The van der Waals surface area contributed by atoms with Crippen molar-refractivity contribution in [1.82, 2.24) is 15.0 Å². The number of aliphatic hydroxyl groups excluding tert-OH is 1. The number of pyridine rings is 3. The first-order valence-electron chi connectivity index (χ1n) is 11.1. The lowest BCUT2D eigenvalue weighted by atomic mass is 9.91. The van der Waals surface area contributed by atoms with Crippen molar-refractivity contribution in [2.75, 3.05) is 11.9 Å². The van der Waals surface area contributed by atoms with E-state index in [-0.39, 0.29) is 30.7 Å². The number of rotatable bonds is 6. The Hall–Kier alpha value is -3.30. The van der Waals surface area contributed by atoms with Crippen LogP contribution in [0, 0.1) is 0 Å². The van der Waals surface area contributed by atoms with Gasteiger partial charge in [-0.25, -0.2) is 19.7 Å². The Balaban J connectivity index is 1.54. The fourth-order valence-corrected chi connectivity index (χ4v) is 3.91. The number of nitrogens with two attached hydrogens (primary N) is 1. The van der Waals surface area contributed by atoms with Gasteiger partial charge in [0.25, 0.3) is 0 Å². The van der Waals surface area contributed by atoms with Crippen LogP contribution in [0.3, 0.4) is 0 Å². The number of fused-ring (bicyclic) bond motifs is 2. The number of aliphatic hydroxyl groups is 1. The molecule has 3 atom stereocenters. The summed E-state index contributed by atoms with van der Waals surface area (Å²) in [4.78, 5) is 25.8. The van der Waals surface area contributed by atoms with E-state index in [9.17, 15) is 9.90 Å². The number of carbonyl (C=O) groups is 1. The van der Waals surface area contributed by atoms with Crippen LogP contribution in [-0.2, 0) is 10.3 Å². The Labute approximate surface area is 191 Å². The minimum atomic E-state index is -0.988. The van der Waals surface area contributed by atoms with Gasteiger partial charge in [-0.2, -0.15) is 0 Å². The lowest BCUT2D eigenvalue weighted by molar-refractivity contribution is 0.0235. The predicted molar refractivity (Wildman–Crippen MR) is 123 cm³/mol. The predicted octanol–water partition coefficient (Wildman–Crippen LogP) is 3.14. The van der Waals surface area contributed by atoms with Crippen molar-refractivity contribution in [1.29, 1.82) is 0 Å². The van der Waals surface area contributed by atoms with Crippen LogP contribution >= 0.6 is 0 Å². The van der Waals surface area contributed by atoms with E-state index in [2.05, 4.69) is 20.3 Å². The summed E-state index contributed by atoms with van der Waals surface area (Å²) in [6.45, 7) is 5.36. The summed E-state index contributed by atoms with van der Waals surface area (Å²) in [7, 11) is 0. The minimum absolute atomic E-state index is 0.0219. The highest BCUT2D eigenvalue weighted by Gasteiger charge is 2.32. The summed E-state index contributed by atoms with van der Waals surface area (Å²) < 4.78 is 11.3. The SMILES string of the molecule is C[C@@H]1OC(=O)c2ccc(Nc3cc4c(C(C)(N)CO)cnc(OC5CC5)c4cn3)nc2[C@H]1C. The highest BCUT2D eigenvalue weighted by molar-refractivity contribution is 5.93. The summed E-state index contributed by atoms with van der Waals surface area (Å²) in [5, 5.41) is 14.6. The maximum Gasteiger partial charge on any atom is 0.340 e. The Morgan fingerprint density at radius 2 is 2.00 bits per heavy atom. The summed E-state index contributed by atoms with van der Waals surface area (Å²) >= 11 is 0. The van der Waals surface area contributed by atoms with Gasteiger partial charge in [-0.1, -0.05) is 6.92 Å². The molecule has 9 nitrogen and oxygen atoms in total. The molecule has 0 aromatic carbocycles. The number of esters is 1. The molecule has 5 rings (SSSR count). The van der Waals surface area contributed by atoms with Crippen molar-refractivity contribution in [3.63, 3.8) is 0 Å². The van der Waals surface area contributed by atoms with Crippen molar-refractivity contribution in [3.05, 3.63) is 47.4 Å². The van der Waals surface area contributed by atoms with Crippen LogP contribution in [-0.4, -0.2) is 44.8 Å². The monoisotopic (exact) mass is 449 g/mol. The molecular formula is C24H27N5O4. The first kappa shape index (κ1) is 21.5. The molecule has 3 aromatic heterocycles. The number of nitrogens with one attached hydrogen (secondary N) is 1. The first-order valence-corrected chi connectivity index (χ1v) is 11.1. The number of hydrogen-bond donors (Lipinski definition) is 3. The number of cyclic esters (lactones) is 1. The zero-order chi connectivity index (χ0) is 23.3. The second-order valence-electron chi connectivity index (χ2n) is 9.14. The summed E-state index contributed by atoms with van der Waals surface area (Å²) in [6, 6.07) is 5.30. The van der Waals surface area contributed by atoms with E-state index in [1.165, 1.54) is 0 Å². The van der Waals surface area contributed by atoms with E-state index in [0.29, 0.717) is 34.3 Å². The molecule has 1 aliphatic heterocycles. The van der Waals surface area contributed by atoms with Gasteiger partial charge in [0.05, 0.1) is 28.8 Å². The van der Waals surface area contributed by atoms with Crippen LogP contribution in [0.4, 0.5) is 11.6 Å². The average Bonchev–Trinajstić information content (AvgIpc) is 3.61. The van der Waals surface area contributed by atoms with Gasteiger partial charge < -0.3 is 25.6 Å². The molecular weight excluding hydrogens is 422 g/mol. The Morgan fingerprint density at radius 1 is 1.21 bits per heavy atom. The van der Waals surface area contributed by atoms with Gasteiger partial charge >= 0.3 is 5.97 Å². The molecule has 4 N–H and O–H groups in total. The quantitative estimate of drug-likeness (QED) is 0.485. The van der Waals surface area contributed by atoms with Gasteiger partial charge in [-0.05, 0) is 50.3 Å². The highest BCUT2D eigenvalue weighted by Crippen LogP contribution is 2.36. The van der Waals surface area contributed by atoms with Gasteiger partial charge in [0, 0.05) is 23.9 Å². The maximum absolute atomic E-state index is 12.2. The summed E-state index contributed by atoms with van der Waals surface area (Å²) in [6.07, 6.45) is 5.32. The van der Waals surface area contributed by atoms with Crippen molar-refractivity contribution >= 4 is 28.4 Å². The maximum atomic E-state index is 12.2. The highest BCUT2D eigenvalue weighted by atomic mass is 16.5. The van der Waals surface area contributed by atoms with Crippen LogP contribution in [0.15, 0.2) is 30.6 Å². The number of ether oxygens (including phenoxy) is 2. The van der Waals surface area contributed by atoms with Gasteiger partial charge in [0.2, 0.25) is 5.88 Å². The largest absolute Gasteiger partial charge is 0.474 e. The third kappa shape index (κ3) is 3.98. The van der Waals surface area contributed by atoms with Gasteiger partial charge in [0.1, 0.15) is 23.8 Å². The Morgan fingerprint density at radius 3 is 2.73 bits per heavy atom. The Bertz CT molecular complexity index is 1240. The van der Waals surface area contributed by atoms with Crippen molar-refractivity contribution in [2.45, 2.75) is 57.3 Å². The molecule has 0 saturated heterocycles. The minimum Gasteiger partial charge on any atom is -0.474 e. The molecule has 1 saturated carbocycles. The van der Waals surface area contributed by atoms with E-state index < -0.39 is 5.54 Å². The lowest BCUT2D eigenvalue weighted by Gasteiger charge is -2.27. The van der Waals surface area contributed by atoms with E-state index in [0.717, 1.165) is 23.6 Å². The van der Waals surface area contributed by atoms with Crippen LogP contribution < -0.4 is 15.8 Å². The molecule has 1 unspecified atom stereocenters. The number of anilines is 2. The molecule has 2 aliphatic rings. The second-order valence-corrected chi connectivity index (χ2v) is 9.14. The molecule has 0 amide bonds. The van der Waals surface area contributed by atoms with E-state index in [4.69, 9.17) is 15.2 Å². The molecule has 33 heavy (non-hydrogen) atoms. The molecule has 172 valence electrons. The van der Waals surface area contributed by atoms with E-state index in [1.54, 1.807) is 31.5 Å². The number of nitrogens with zero attached hydrogens (tertiary/aromatic N) is 3. The summed E-state index contributed by atoms with van der Waals surface area (Å²) in [5.41, 5.74) is 7.24. The first-order chi connectivity index (χ1) is 15.8. The lowest BCUT2D eigenvalue weighted by Crippen LogP contribution is -2.37. The third-order valence-electron chi connectivity index (χ3n) is 6.31. The standard InChI is InChI=1S/C24H27N5O4/c1-12-13(2)32-23(31)15-6-7-19(29-21(12)15)28-20-8-16-17(9-26-20)22(33-14-4-5-14)27-10-18(16)24(3,25)11-30/h6-10,12-14,30H,4-5,11,25H2,1-3H3,(H,26,28,29)/t12-,13-,24?/m0/s1. The molecule has 4 heterocycles. The number of aromatic nitrogens is 3. The van der Waals surface area contributed by atoms with Crippen molar-refractivity contribution < 1.29 is 19.4 Å². The van der Waals surface area contributed by atoms with Gasteiger partial charge in [-0.3, -0.25) is 0 Å². The molecule has 1 fully saturated rings. The molecule has 0 radical (unpaired) electrons. The van der Waals surface area contributed by atoms with Gasteiger partial charge in [-0.15, -0.1) is 0 Å². The van der Waals surface area contributed by atoms with Crippen molar-refractivity contribution in [3.8, 4) is 5.88 Å². The van der Waals surface area contributed by atoms with Crippen LogP contribution in [0.25, 0.3) is 10.8 Å². The zero-order valence-electron chi connectivity index (χ0n) is 18.8. The second kappa shape index (κ2) is 7.93. The Kier molecular flexibility index (Phi) is 5.18.